The number of benzene rings is 2. The van der Waals surface area contributed by atoms with Gasteiger partial charge in [-0.15, -0.1) is 0 Å². The third-order valence-corrected chi connectivity index (χ3v) is 5.33. The molecule has 0 spiro atoms. The van der Waals surface area contributed by atoms with Crippen molar-refractivity contribution in [1.29, 1.82) is 0 Å². The number of nitrogens with one attached hydrogen (secondary N) is 3. The van der Waals surface area contributed by atoms with Crippen LogP contribution in [0.1, 0.15) is 16.8 Å². The molecule has 13 heteroatoms. The van der Waals surface area contributed by atoms with E-state index in [1.165, 1.54) is 4.90 Å². The van der Waals surface area contributed by atoms with Crippen LogP contribution < -0.4 is 20.7 Å². The third kappa shape index (κ3) is 7.89. The second-order valence-corrected chi connectivity index (χ2v) is 8.75. The lowest BCUT2D eigenvalue weighted by molar-refractivity contribution is -0.137. The van der Waals surface area contributed by atoms with E-state index in [1.54, 1.807) is 51.4 Å². The summed E-state index contributed by atoms with van der Waals surface area (Å²) in [4.78, 5) is 38.2. The molecule has 2 heterocycles. The quantitative estimate of drug-likeness (QED) is 0.221. The smallest absolute Gasteiger partial charge is 0.414 e. The Morgan fingerprint density at radius 2 is 1.67 bits per heavy atom. The minimum absolute atomic E-state index is 0.0447. The molecule has 39 heavy (non-hydrogen) atoms. The standard InChI is InChI=1S/C26H28N8O5/c1-16-13-21(39-33-16)29-25-31-23(27-15-18-7-5-4-6-8-18)30-24(32-25)28-20(22(35)36)14-17-9-11-19(12-10-17)38-26(37)34(2)3/h4-13,20H,14-15H2,1-3H3,(H,35,36)(H3,27,28,29,30,31,32)/t20-/m0/s1. The van der Waals surface area contributed by atoms with Crippen LogP contribution in [0.5, 0.6) is 5.75 Å². The summed E-state index contributed by atoms with van der Waals surface area (Å²) in [6.07, 6.45) is -0.399. The van der Waals surface area contributed by atoms with E-state index in [0.717, 1.165) is 5.56 Å². The number of carbonyl (C=O) groups excluding carboxylic acids is 1. The number of hydrogen-bond acceptors (Lipinski definition) is 11. The average Bonchev–Trinajstić information content (AvgIpc) is 3.32. The number of aromatic nitrogens is 4. The average molecular weight is 533 g/mol. The van der Waals surface area contributed by atoms with Gasteiger partial charge in [0, 0.05) is 33.1 Å². The van der Waals surface area contributed by atoms with E-state index < -0.39 is 18.1 Å². The van der Waals surface area contributed by atoms with E-state index in [4.69, 9.17) is 9.26 Å². The van der Waals surface area contributed by atoms with Crippen molar-refractivity contribution in [1.82, 2.24) is 25.0 Å². The molecule has 0 aliphatic heterocycles. The summed E-state index contributed by atoms with van der Waals surface area (Å²) >= 11 is 0. The largest absolute Gasteiger partial charge is 0.480 e. The lowest BCUT2D eigenvalue weighted by Crippen LogP contribution is -2.32. The van der Waals surface area contributed by atoms with Crippen molar-refractivity contribution in [2.24, 2.45) is 0 Å². The van der Waals surface area contributed by atoms with Crippen molar-refractivity contribution in [3.05, 3.63) is 77.5 Å². The molecule has 0 bridgehead atoms. The van der Waals surface area contributed by atoms with Crippen LogP contribution in [-0.2, 0) is 17.8 Å². The predicted octanol–water partition coefficient (Wildman–Crippen LogP) is 3.69. The zero-order valence-electron chi connectivity index (χ0n) is 21.6. The second-order valence-electron chi connectivity index (χ2n) is 8.75. The molecule has 0 fully saturated rings. The zero-order chi connectivity index (χ0) is 27.8. The number of rotatable bonds is 11. The summed E-state index contributed by atoms with van der Waals surface area (Å²) in [5.41, 5.74) is 2.38. The molecule has 0 saturated heterocycles. The molecule has 1 atom stereocenters. The Labute approximate surface area is 224 Å². The fourth-order valence-electron chi connectivity index (χ4n) is 3.36. The van der Waals surface area contributed by atoms with Gasteiger partial charge in [0.25, 0.3) is 0 Å². The van der Waals surface area contributed by atoms with Gasteiger partial charge in [0.15, 0.2) is 0 Å². The van der Waals surface area contributed by atoms with Crippen LogP contribution in [0, 0.1) is 6.92 Å². The molecule has 4 rings (SSSR count). The number of aryl methyl sites for hydroxylation is 1. The van der Waals surface area contributed by atoms with Crippen molar-refractivity contribution < 1.29 is 24.0 Å². The highest BCUT2D eigenvalue weighted by Crippen LogP contribution is 2.19. The van der Waals surface area contributed by atoms with Gasteiger partial charge in [0.2, 0.25) is 23.7 Å². The number of carboxylic acid groups (broad SMARTS) is 1. The van der Waals surface area contributed by atoms with Crippen LogP contribution in [0.15, 0.2) is 65.2 Å². The Morgan fingerprint density at radius 3 is 2.31 bits per heavy atom. The number of ether oxygens (including phenoxy) is 1. The number of carbonyl (C=O) groups is 2. The predicted molar refractivity (Wildman–Crippen MR) is 143 cm³/mol. The van der Waals surface area contributed by atoms with E-state index in [9.17, 15) is 14.7 Å². The number of anilines is 4. The Balaban J connectivity index is 1.51. The van der Waals surface area contributed by atoms with E-state index in [2.05, 4.69) is 36.1 Å². The van der Waals surface area contributed by atoms with Crippen LogP contribution >= 0.6 is 0 Å². The van der Waals surface area contributed by atoms with Gasteiger partial charge in [-0.2, -0.15) is 15.0 Å². The van der Waals surface area contributed by atoms with Crippen LogP contribution in [-0.4, -0.2) is 62.3 Å². The van der Waals surface area contributed by atoms with Crippen LogP contribution in [0.3, 0.4) is 0 Å². The van der Waals surface area contributed by atoms with Gasteiger partial charge in [-0.3, -0.25) is 5.32 Å². The second kappa shape index (κ2) is 12.4. The summed E-state index contributed by atoms with van der Waals surface area (Å²) in [6, 6.07) is 16.9. The van der Waals surface area contributed by atoms with E-state index >= 15 is 0 Å². The van der Waals surface area contributed by atoms with Gasteiger partial charge in [0.05, 0.1) is 5.69 Å². The number of hydrogen-bond donors (Lipinski definition) is 4. The molecule has 0 aliphatic rings. The third-order valence-electron chi connectivity index (χ3n) is 5.33. The first kappa shape index (κ1) is 26.9. The van der Waals surface area contributed by atoms with Crippen molar-refractivity contribution in [3.63, 3.8) is 0 Å². The van der Waals surface area contributed by atoms with Crippen LogP contribution in [0.25, 0.3) is 0 Å². The van der Waals surface area contributed by atoms with Crippen LogP contribution in [0.4, 0.5) is 28.5 Å². The minimum atomic E-state index is -1.10. The van der Waals surface area contributed by atoms with Crippen molar-refractivity contribution >= 4 is 35.8 Å². The lowest BCUT2D eigenvalue weighted by atomic mass is 10.1. The van der Waals surface area contributed by atoms with Crippen molar-refractivity contribution in [3.8, 4) is 5.75 Å². The summed E-state index contributed by atoms with van der Waals surface area (Å²) < 4.78 is 10.4. The molecule has 4 aromatic rings. The van der Waals surface area contributed by atoms with Gasteiger partial charge in [-0.25, -0.2) is 9.59 Å². The topological polar surface area (TPSA) is 168 Å². The maximum Gasteiger partial charge on any atom is 0.414 e. The van der Waals surface area contributed by atoms with Crippen molar-refractivity contribution in [2.45, 2.75) is 25.9 Å². The fraction of sp³-hybridized carbons (Fsp3) is 0.231. The molecule has 13 nitrogen and oxygen atoms in total. The minimum Gasteiger partial charge on any atom is -0.480 e. The van der Waals surface area contributed by atoms with E-state index in [0.29, 0.717) is 29.4 Å². The highest BCUT2D eigenvalue weighted by Gasteiger charge is 2.21. The molecule has 0 unspecified atom stereocenters. The highest BCUT2D eigenvalue weighted by atomic mass is 16.6. The fourth-order valence-corrected chi connectivity index (χ4v) is 3.36. The maximum absolute atomic E-state index is 12.1. The number of amides is 1. The molecular formula is C26H28N8O5. The maximum atomic E-state index is 12.1. The lowest BCUT2D eigenvalue weighted by Gasteiger charge is -2.16. The summed E-state index contributed by atoms with van der Waals surface area (Å²) in [5.74, 6) is -0.0200. The van der Waals surface area contributed by atoms with Gasteiger partial charge < -0.3 is 29.9 Å². The van der Waals surface area contributed by atoms with E-state index in [-0.39, 0.29) is 24.3 Å². The summed E-state index contributed by atoms with van der Waals surface area (Å²) in [5, 5.41) is 22.7. The summed E-state index contributed by atoms with van der Waals surface area (Å²) in [7, 11) is 3.16. The number of nitrogens with zero attached hydrogens (tertiary/aromatic N) is 5. The molecule has 202 valence electrons. The van der Waals surface area contributed by atoms with Gasteiger partial charge in [0.1, 0.15) is 11.8 Å². The Bertz CT molecular complexity index is 1410. The summed E-state index contributed by atoms with van der Waals surface area (Å²) in [6.45, 7) is 2.22. The Hall–Kier alpha value is -5.20. The normalized spacial score (nSPS) is 11.4. The molecule has 0 aliphatic carbocycles. The van der Waals surface area contributed by atoms with E-state index in [1.807, 2.05) is 30.3 Å². The van der Waals surface area contributed by atoms with Crippen molar-refractivity contribution in [2.75, 3.05) is 30.0 Å². The zero-order valence-corrected chi connectivity index (χ0v) is 21.6. The monoisotopic (exact) mass is 532 g/mol. The highest BCUT2D eigenvalue weighted by molar-refractivity contribution is 5.77. The first-order valence-corrected chi connectivity index (χ1v) is 12.0. The number of aliphatic carboxylic acids is 1. The molecule has 0 radical (unpaired) electrons. The molecule has 2 aromatic carbocycles. The molecule has 0 saturated carbocycles. The Kier molecular flexibility index (Phi) is 8.51. The van der Waals surface area contributed by atoms with Gasteiger partial charge >= 0.3 is 12.1 Å². The molecule has 1 amide bonds. The molecular weight excluding hydrogens is 504 g/mol. The van der Waals surface area contributed by atoms with Gasteiger partial charge in [-0.1, -0.05) is 47.6 Å². The first-order valence-electron chi connectivity index (χ1n) is 12.0. The van der Waals surface area contributed by atoms with Gasteiger partial charge in [-0.05, 0) is 30.2 Å². The van der Waals surface area contributed by atoms with Crippen LogP contribution in [0.2, 0.25) is 0 Å². The molecule has 2 aromatic heterocycles. The SMILES string of the molecule is Cc1cc(Nc2nc(NCc3ccccc3)nc(N[C@@H](Cc3ccc(OC(=O)N(C)C)cc3)C(=O)O)n2)on1. The Morgan fingerprint density at radius 1 is 0.974 bits per heavy atom. The number of carboxylic acids is 1. The first-order chi connectivity index (χ1) is 18.7. The molecule has 4 N–H and O–H groups in total.